The molecule has 1 aliphatic heterocycles. The first-order valence-electron chi connectivity index (χ1n) is 9.38. The fourth-order valence-electron chi connectivity index (χ4n) is 3.59. The molecule has 0 bridgehead atoms. The van der Waals surface area contributed by atoms with Gasteiger partial charge in [-0.1, -0.05) is 6.42 Å². The molecule has 1 saturated heterocycles. The zero-order valence-corrected chi connectivity index (χ0v) is 15.2. The predicted molar refractivity (Wildman–Crippen MR) is 96.1 cm³/mol. The summed E-state index contributed by atoms with van der Waals surface area (Å²) in [6, 6.07) is 3.25. The van der Waals surface area contributed by atoms with Crippen LogP contribution in [-0.4, -0.2) is 33.4 Å². The van der Waals surface area contributed by atoms with Crippen LogP contribution in [0.1, 0.15) is 72.3 Å². The fourth-order valence-corrected chi connectivity index (χ4v) is 4.61. The number of carbonyl (C=O) groups excluding carboxylic acids is 1. The molecule has 1 aromatic carbocycles. The number of amides is 1. The Morgan fingerprint density at radius 2 is 1.88 bits per heavy atom. The highest BCUT2D eigenvalue weighted by Crippen LogP contribution is 2.43. The lowest BCUT2D eigenvalue weighted by Crippen LogP contribution is -2.30. The predicted octanol–water partition coefficient (Wildman–Crippen LogP) is 3.24. The van der Waals surface area contributed by atoms with E-state index in [0.717, 1.165) is 56.4 Å². The highest BCUT2D eigenvalue weighted by Gasteiger charge is 2.32. The van der Waals surface area contributed by atoms with E-state index in [1.165, 1.54) is 25.3 Å². The summed E-state index contributed by atoms with van der Waals surface area (Å²) in [6.07, 6.45) is 7.64. The van der Waals surface area contributed by atoms with E-state index in [1.54, 1.807) is 6.07 Å². The van der Waals surface area contributed by atoms with E-state index in [1.807, 2.05) is 0 Å². The van der Waals surface area contributed by atoms with E-state index in [2.05, 4.69) is 9.62 Å². The van der Waals surface area contributed by atoms with E-state index in [0.29, 0.717) is 5.92 Å². The lowest BCUT2D eigenvalue weighted by molar-refractivity contribution is 0.0978. The second-order valence-corrected chi connectivity index (χ2v) is 9.04. The Morgan fingerprint density at radius 3 is 2.52 bits per heavy atom. The molecule has 25 heavy (non-hydrogen) atoms. The van der Waals surface area contributed by atoms with Crippen LogP contribution >= 0.6 is 0 Å². The van der Waals surface area contributed by atoms with Crippen LogP contribution in [0.3, 0.4) is 0 Å². The molecule has 1 unspecified atom stereocenters. The molecule has 0 spiro atoms. The minimum absolute atomic E-state index is 0.0401. The Hall–Kier alpha value is -1.27. The summed E-state index contributed by atoms with van der Waals surface area (Å²) >= 11 is 0. The second kappa shape index (κ2) is 7.16. The van der Waals surface area contributed by atoms with E-state index in [-0.39, 0.29) is 10.8 Å². The highest BCUT2D eigenvalue weighted by molar-refractivity contribution is 7.84. The van der Waals surface area contributed by atoms with Gasteiger partial charge in [0.25, 0.3) is 5.91 Å². The van der Waals surface area contributed by atoms with Crippen molar-refractivity contribution in [3.63, 3.8) is 0 Å². The van der Waals surface area contributed by atoms with Crippen LogP contribution in [0, 0.1) is 5.82 Å². The molecule has 3 aliphatic rings. The second-order valence-electron chi connectivity index (χ2n) is 7.57. The maximum Gasteiger partial charge on any atom is 0.265 e. The summed E-state index contributed by atoms with van der Waals surface area (Å²) < 4.78 is 29.0. The van der Waals surface area contributed by atoms with Crippen LogP contribution in [0.2, 0.25) is 0 Å². The van der Waals surface area contributed by atoms with Gasteiger partial charge in [0.15, 0.2) is 0 Å². The SMILES string of the molecule is O=C(NS(=O)C1CC1)c1cc(C2CC2)c(CN2CCCCC2)cc1F. The molecule has 1 amide bonds. The largest absolute Gasteiger partial charge is 0.299 e. The Morgan fingerprint density at radius 1 is 1.16 bits per heavy atom. The monoisotopic (exact) mass is 364 g/mol. The maximum absolute atomic E-state index is 14.6. The van der Waals surface area contributed by atoms with Crippen molar-refractivity contribution in [2.45, 2.75) is 62.7 Å². The third-order valence-electron chi connectivity index (χ3n) is 5.35. The Labute approximate surface area is 150 Å². The van der Waals surface area contributed by atoms with Crippen LogP contribution in [0.15, 0.2) is 12.1 Å². The maximum atomic E-state index is 14.6. The molecule has 4 rings (SSSR count). The quantitative estimate of drug-likeness (QED) is 0.843. The number of hydrogen-bond acceptors (Lipinski definition) is 3. The normalized spacial score (nSPS) is 22.6. The molecule has 1 heterocycles. The van der Waals surface area contributed by atoms with Crippen molar-refractivity contribution >= 4 is 16.9 Å². The van der Waals surface area contributed by atoms with Crippen molar-refractivity contribution in [1.82, 2.24) is 9.62 Å². The molecule has 0 aromatic heterocycles. The molecular weight excluding hydrogens is 339 g/mol. The third-order valence-corrected chi connectivity index (χ3v) is 6.82. The topological polar surface area (TPSA) is 49.4 Å². The number of nitrogens with one attached hydrogen (secondary N) is 1. The first kappa shape index (κ1) is 17.2. The van der Waals surface area contributed by atoms with Crippen molar-refractivity contribution in [1.29, 1.82) is 0 Å². The summed E-state index contributed by atoms with van der Waals surface area (Å²) in [7, 11) is -1.39. The number of hydrogen-bond donors (Lipinski definition) is 1. The molecule has 136 valence electrons. The van der Waals surface area contributed by atoms with Crippen LogP contribution in [0.5, 0.6) is 0 Å². The van der Waals surface area contributed by atoms with Crippen molar-refractivity contribution in [2.24, 2.45) is 0 Å². The number of carbonyl (C=O) groups is 1. The number of halogens is 1. The van der Waals surface area contributed by atoms with Crippen LogP contribution in [0.25, 0.3) is 0 Å². The summed E-state index contributed by atoms with van der Waals surface area (Å²) in [5, 5.41) is 0.0493. The first-order chi connectivity index (χ1) is 12.1. The average Bonchev–Trinajstić information content (AvgIpc) is 3.48. The van der Waals surface area contributed by atoms with Crippen LogP contribution in [-0.2, 0) is 17.5 Å². The Balaban J connectivity index is 1.55. The zero-order valence-electron chi connectivity index (χ0n) is 14.4. The molecule has 2 saturated carbocycles. The van der Waals surface area contributed by atoms with Gasteiger partial charge in [0, 0.05) is 6.54 Å². The minimum Gasteiger partial charge on any atom is -0.299 e. The average molecular weight is 364 g/mol. The minimum atomic E-state index is -1.39. The van der Waals surface area contributed by atoms with E-state index < -0.39 is 22.7 Å². The van der Waals surface area contributed by atoms with Crippen molar-refractivity contribution in [3.05, 3.63) is 34.6 Å². The van der Waals surface area contributed by atoms with Gasteiger partial charge in [-0.3, -0.25) is 14.4 Å². The third kappa shape index (κ3) is 4.11. The van der Waals surface area contributed by atoms with Gasteiger partial charge in [0.2, 0.25) is 0 Å². The lowest BCUT2D eigenvalue weighted by Gasteiger charge is -2.27. The summed E-state index contributed by atoms with van der Waals surface area (Å²) in [4.78, 5) is 14.7. The van der Waals surface area contributed by atoms with E-state index >= 15 is 0 Å². The van der Waals surface area contributed by atoms with Gasteiger partial charge >= 0.3 is 0 Å². The van der Waals surface area contributed by atoms with Gasteiger partial charge in [-0.15, -0.1) is 0 Å². The number of rotatable bonds is 6. The van der Waals surface area contributed by atoms with Gasteiger partial charge in [-0.2, -0.15) is 0 Å². The van der Waals surface area contributed by atoms with E-state index in [4.69, 9.17) is 0 Å². The molecule has 1 N–H and O–H groups in total. The molecule has 1 aromatic rings. The van der Waals surface area contributed by atoms with Gasteiger partial charge in [-0.25, -0.2) is 8.60 Å². The Kier molecular flexibility index (Phi) is 4.91. The molecule has 2 aliphatic carbocycles. The van der Waals surface area contributed by atoms with Gasteiger partial charge in [0.05, 0.1) is 10.8 Å². The molecule has 0 radical (unpaired) electrons. The van der Waals surface area contributed by atoms with Crippen molar-refractivity contribution in [3.8, 4) is 0 Å². The summed E-state index contributed by atoms with van der Waals surface area (Å²) in [5.41, 5.74) is 2.16. The zero-order chi connectivity index (χ0) is 17.4. The summed E-state index contributed by atoms with van der Waals surface area (Å²) in [6.45, 7) is 2.89. The molecule has 3 fully saturated rings. The first-order valence-corrected chi connectivity index (χ1v) is 10.6. The fraction of sp³-hybridized carbons (Fsp3) is 0.632. The van der Waals surface area contributed by atoms with Crippen molar-refractivity contribution in [2.75, 3.05) is 13.1 Å². The number of likely N-dealkylation sites (tertiary alicyclic amines) is 1. The lowest BCUT2D eigenvalue weighted by atomic mass is 9.98. The van der Waals surface area contributed by atoms with Gasteiger partial charge in [0.1, 0.15) is 16.8 Å². The highest BCUT2D eigenvalue weighted by atomic mass is 32.2. The number of benzene rings is 1. The summed E-state index contributed by atoms with van der Waals surface area (Å²) in [5.74, 6) is -0.600. The smallest absolute Gasteiger partial charge is 0.265 e. The molecule has 1 atom stereocenters. The molecular formula is C19H25FN2O2S. The van der Waals surface area contributed by atoms with Gasteiger partial charge < -0.3 is 0 Å². The molecule has 4 nitrogen and oxygen atoms in total. The van der Waals surface area contributed by atoms with Gasteiger partial charge in [-0.05, 0) is 80.8 Å². The van der Waals surface area contributed by atoms with Crippen LogP contribution < -0.4 is 4.72 Å². The number of nitrogens with zero attached hydrogens (tertiary/aromatic N) is 1. The number of piperidine rings is 1. The van der Waals surface area contributed by atoms with E-state index in [9.17, 15) is 13.4 Å². The Bertz CT molecular complexity index is 695. The molecule has 6 heteroatoms. The standard InChI is InChI=1S/C19H25FN2O2S/c20-18-10-14(12-22-8-2-1-3-9-22)16(13-4-5-13)11-17(18)19(23)21-25(24)15-6-7-15/h10-11,13,15H,1-9,12H2,(H,21,23). The van der Waals surface area contributed by atoms with Crippen LogP contribution in [0.4, 0.5) is 4.39 Å². The van der Waals surface area contributed by atoms with Crippen molar-refractivity contribution < 1.29 is 13.4 Å².